The number of hydrogen-bond acceptors (Lipinski definition) is 5. The van der Waals surface area contributed by atoms with E-state index < -0.39 is 0 Å². The number of nitrogens with zero attached hydrogens (tertiary/aromatic N) is 4. The molecule has 8 heteroatoms. The molecule has 1 aromatic carbocycles. The SMILES string of the molecule is O=C(CN1CCN(C(=O)c2ccccn2)CC1)N1CCOC(c2ccc(F)cc2)C1. The highest BCUT2D eigenvalue weighted by Gasteiger charge is 2.28. The quantitative estimate of drug-likeness (QED) is 0.763. The van der Waals surface area contributed by atoms with Crippen LogP contribution >= 0.6 is 0 Å². The summed E-state index contributed by atoms with van der Waals surface area (Å²) in [5.41, 5.74) is 1.32. The number of rotatable bonds is 4. The highest BCUT2D eigenvalue weighted by molar-refractivity contribution is 5.92. The number of halogens is 1. The van der Waals surface area contributed by atoms with E-state index >= 15 is 0 Å². The summed E-state index contributed by atoms with van der Waals surface area (Å²) in [6, 6.07) is 11.5. The van der Waals surface area contributed by atoms with Gasteiger partial charge in [-0.2, -0.15) is 0 Å². The van der Waals surface area contributed by atoms with Crippen molar-refractivity contribution in [3.05, 3.63) is 65.7 Å². The summed E-state index contributed by atoms with van der Waals surface area (Å²) in [5, 5.41) is 0. The number of carbonyl (C=O) groups excluding carboxylic acids is 2. The lowest BCUT2D eigenvalue weighted by molar-refractivity contribution is -0.140. The molecule has 1 unspecified atom stereocenters. The molecule has 0 aliphatic carbocycles. The van der Waals surface area contributed by atoms with E-state index in [-0.39, 0.29) is 23.7 Å². The van der Waals surface area contributed by atoms with Crippen molar-refractivity contribution in [1.82, 2.24) is 19.7 Å². The van der Waals surface area contributed by atoms with Gasteiger partial charge < -0.3 is 14.5 Å². The van der Waals surface area contributed by atoms with Crippen molar-refractivity contribution in [2.24, 2.45) is 0 Å². The van der Waals surface area contributed by atoms with E-state index in [4.69, 9.17) is 4.74 Å². The second-order valence-corrected chi connectivity index (χ2v) is 7.53. The van der Waals surface area contributed by atoms with Gasteiger partial charge >= 0.3 is 0 Å². The molecule has 2 amide bonds. The Morgan fingerprint density at radius 3 is 2.47 bits per heavy atom. The van der Waals surface area contributed by atoms with Crippen LogP contribution in [0.25, 0.3) is 0 Å². The first kappa shape index (κ1) is 20.4. The molecule has 0 radical (unpaired) electrons. The van der Waals surface area contributed by atoms with E-state index in [1.165, 1.54) is 12.1 Å². The molecule has 158 valence electrons. The van der Waals surface area contributed by atoms with E-state index in [0.29, 0.717) is 58.1 Å². The average Bonchev–Trinajstić information content (AvgIpc) is 2.80. The topological polar surface area (TPSA) is 66.0 Å². The Kier molecular flexibility index (Phi) is 6.35. The second-order valence-electron chi connectivity index (χ2n) is 7.53. The van der Waals surface area contributed by atoms with E-state index in [0.717, 1.165) is 5.56 Å². The third-order valence-corrected chi connectivity index (χ3v) is 5.56. The molecule has 2 aromatic rings. The highest BCUT2D eigenvalue weighted by atomic mass is 19.1. The summed E-state index contributed by atoms with van der Waals surface area (Å²) in [6.07, 6.45) is 1.38. The van der Waals surface area contributed by atoms with E-state index in [2.05, 4.69) is 9.88 Å². The number of carbonyl (C=O) groups is 2. The zero-order valence-electron chi connectivity index (χ0n) is 16.7. The van der Waals surface area contributed by atoms with Crippen LogP contribution in [0.4, 0.5) is 4.39 Å². The molecular weight excluding hydrogens is 387 g/mol. The van der Waals surface area contributed by atoms with Crippen molar-refractivity contribution in [2.75, 3.05) is 52.4 Å². The molecule has 0 spiro atoms. The maximum Gasteiger partial charge on any atom is 0.272 e. The van der Waals surface area contributed by atoms with Gasteiger partial charge in [0.2, 0.25) is 5.91 Å². The summed E-state index contributed by atoms with van der Waals surface area (Å²) >= 11 is 0. The smallest absolute Gasteiger partial charge is 0.272 e. The van der Waals surface area contributed by atoms with Crippen LogP contribution in [0.2, 0.25) is 0 Å². The first-order valence-electron chi connectivity index (χ1n) is 10.2. The van der Waals surface area contributed by atoms with Crippen LogP contribution in [-0.2, 0) is 9.53 Å². The lowest BCUT2D eigenvalue weighted by Gasteiger charge is -2.37. The van der Waals surface area contributed by atoms with Gasteiger partial charge in [0.1, 0.15) is 17.6 Å². The Bertz CT molecular complexity index is 870. The van der Waals surface area contributed by atoms with Crippen LogP contribution in [0.15, 0.2) is 48.7 Å². The monoisotopic (exact) mass is 412 g/mol. The fourth-order valence-corrected chi connectivity index (χ4v) is 3.81. The molecule has 7 nitrogen and oxygen atoms in total. The Hall–Kier alpha value is -2.84. The van der Waals surface area contributed by atoms with Gasteiger partial charge in [-0.3, -0.25) is 19.5 Å². The van der Waals surface area contributed by atoms with Gasteiger partial charge in [-0.15, -0.1) is 0 Å². The molecule has 2 fully saturated rings. The number of hydrogen-bond donors (Lipinski definition) is 0. The van der Waals surface area contributed by atoms with Crippen LogP contribution in [0, 0.1) is 5.82 Å². The Labute approximate surface area is 175 Å². The van der Waals surface area contributed by atoms with Gasteiger partial charge in [-0.25, -0.2) is 4.39 Å². The largest absolute Gasteiger partial charge is 0.370 e. The minimum Gasteiger partial charge on any atom is -0.370 e. The lowest BCUT2D eigenvalue weighted by atomic mass is 10.1. The molecule has 2 saturated heterocycles. The van der Waals surface area contributed by atoms with Crippen molar-refractivity contribution in [3.63, 3.8) is 0 Å². The minimum absolute atomic E-state index is 0.0508. The standard InChI is InChI=1S/C22H25FN4O3/c23-18-6-4-17(5-7-18)20-15-27(13-14-30-20)21(28)16-25-9-11-26(12-10-25)22(29)19-3-1-2-8-24-19/h1-8,20H,9-16H2. The normalized spacial score (nSPS) is 20.2. The van der Waals surface area contributed by atoms with E-state index in [9.17, 15) is 14.0 Å². The third kappa shape index (κ3) is 4.83. The first-order valence-corrected chi connectivity index (χ1v) is 10.2. The van der Waals surface area contributed by atoms with Crippen LogP contribution in [-0.4, -0.2) is 83.9 Å². The Balaban J connectivity index is 1.27. The van der Waals surface area contributed by atoms with Crippen LogP contribution in [0.3, 0.4) is 0 Å². The molecule has 3 heterocycles. The molecular formula is C22H25FN4O3. The van der Waals surface area contributed by atoms with Crippen molar-refractivity contribution in [2.45, 2.75) is 6.10 Å². The molecule has 1 aromatic heterocycles. The van der Waals surface area contributed by atoms with Gasteiger partial charge in [-0.05, 0) is 29.8 Å². The number of aromatic nitrogens is 1. The van der Waals surface area contributed by atoms with Crippen LogP contribution in [0.5, 0.6) is 0 Å². The number of piperazine rings is 1. The van der Waals surface area contributed by atoms with Gasteiger partial charge in [0, 0.05) is 38.9 Å². The first-order chi connectivity index (χ1) is 14.6. The molecule has 2 aliphatic rings. The molecule has 1 atom stereocenters. The van der Waals surface area contributed by atoms with Gasteiger partial charge in [0.15, 0.2) is 0 Å². The number of benzene rings is 1. The lowest BCUT2D eigenvalue weighted by Crippen LogP contribution is -2.53. The molecule has 30 heavy (non-hydrogen) atoms. The van der Waals surface area contributed by atoms with Crippen molar-refractivity contribution < 1.29 is 18.7 Å². The summed E-state index contributed by atoms with van der Waals surface area (Å²) < 4.78 is 18.9. The number of pyridine rings is 1. The Morgan fingerprint density at radius 1 is 1.00 bits per heavy atom. The van der Waals surface area contributed by atoms with Crippen molar-refractivity contribution in [3.8, 4) is 0 Å². The third-order valence-electron chi connectivity index (χ3n) is 5.56. The molecule has 2 aliphatic heterocycles. The Morgan fingerprint density at radius 2 is 1.77 bits per heavy atom. The number of ether oxygens (including phenoxy) is 1. The maximum absolute atomic E-state index is 13.2. The predicted octanol–water partition coefficient (Wildman–Crippen LogP) is 1.58. The average molecular weight is 412 g/mol. The van der Waals surface area contributed by atoms with Gasteiger partial charge in [0.25, 0.3) is 5.91 Å². The second kappa shape index (κ2) is 9.32. The summed E-state index contributed by atoms with van der Waals surface area (Å²) in [7, 11) is 0. The zero-order chi connectivity index (χ0) is 20.9. The van der Waals surface area contributed by atoms with E-state index in [1.807, 2.05) is 4.90 Å². The van der Waals surface area contributed by atoms with Gasteiger partial charge in [0.05, 0.1) is 19.7 Å². The number of amides is 2. The van der Waals surface area contributed by atoms with Crippen molar-refractivity contribution in [1.29, 1.82) is 0 Å². The maximum atomic E-state index is 13.2. The highest BCUT2D eigenvalue weighted by Crippen LogP contribution is 2.22. The summed E-state index contributed by atoms with van der Waals surface area (Å²) in [6.45, 7) is 4.24. The molecule has 0 saturated carbocycles. The molecule has 0 bridgehead atoms. The van der Waals surface area contributed by atoms with Crippen LogP contribution in [0.1, 0.15) is 22.2 Å². The minimum atomic E-state index is -0.289. The fourth-order valence-electron chi connectivity index (χ4n) is 3.81. The molecule has 0 N–H and O–H groups in total. The van der Waals surface area contributed by atoms with Crippen molar-refractivity contribution >= 4 is 11.8 Å². The van der Waals surface area contributed by atoms with Crippen LogP contribution < -0.4 is 0 Å². The summed E-state index contributed by atoms with van der Waals surface area (Å²) in [4.78, 5) is 35.1. The molecule has 4 rings (SSSR count). The fraction of sp³-hybridized carbons (Fsp3) is 0.409. The van der Waals surface area contributed by atoms with Gasteiger partial charge in [-0.1, -0.05) is 18.2 Å². The predicted molar refractivity (Wildman–Crippen MR) is 108 cm³/mol. The zero-order valence-corrected chi connectivity index (χ0v) is 16.7. The summed E-state index contributed by atoms with van der Waals surface area (Å²) in [5.74, 6) is -0.310. The number of morpholine rings is 1. The van der Waals surface area contributed by atoms with E-state index in [1.54, 1.807) is 41.4 Å².